The molecule has 0 bridgehead atoms. The van der Waals surface area contributed by atoms with Gasteiger partial charge >= 0.3 is 5.97 Å². The van der Waals surface area contributed by atoms with Crippen LogP contribution in [0.25, 0.3) is 0 Å². The highest BCUT2D eigenvalue weighted by molar-refractivity contribution is 5.68. The Morgan fingerprint density at radius 2 is 2.09 bits per heavy atom. The Kier molecular flexibility index (Phi) is 3.22. The number of carboxylic acid groups (broad SMARTS) is 1. The maximum atomic E-state index is 10.2. The molecule has 1 unspecified atom stereocenters. The van der Waals surface area contributed by atoms with E-state index in [0.717, 1.165) is 0 Å². The van der Waals surface area contributed by atoms with Crippen molar-refractivity contribution in [1.82, 2.24) is 0 Å². The number of aliphatic carboxylic acids is 1. The summed E-state index contributed by atoms with van der Waals surface area (Å²) in [5, 5.41) is 26.2. The topological polar surface area (TPSA) is 77.8 Å². The second-order valence-corrected chi connectivity index (χ2v) is 2.61. The summed E-state index contributed by atoms with van der Waals surface area (Å²) >= 11 is 0. The third-order valence-corrected chi connectivity index (χ3v) is 1.45. The van der Waals surface area contributed by atoms with E-state index in [4.69, 9.17) is 10.2 Å². The van der Waals surface area contributed by atoms with E-state index in [1.807, 2.05) is 0 Å². The van der Waals surface area contributed by atoms with Crippen molar-refractivity contribution >= 4 is 5.97 Å². The van der Waals surface area contributed by atoms with E-state index < -0.39 is 24.6 Å². The monoisotopic (exact) mass is 160 g/mol. The lowest BCUT2D eigenvalue weighted by molar-refractivity contribution is -0.140. The molecule has 0 saturated heterocycles. The van der Waals surface area contributed by atoms with Gasteiger partial charge in [0.2, 0.25) is 0 Å². The van der Waals surface area contributed by atoms with Crippen LogP contribution in [0.3, 0.4) is 0 Å². The molecule has 0 aliphatic carbocycles. The van der Waals surface area contributed by atoms with Gasteiger partial charge in [0.05, 0.1) is 18.6 Å². The average molecular weight is 160 g/mol. The molecule has 0 spiro atoms. The molecule has 4 heteroatoms. The number of aliphatic hydroxyl groups excluding tert-OH is 1. The lowest BCUT2D eigenvalue weighted by Gasteiger charge is -2.22. The molecule has 4 nitrogen and oxygen atoms in total. The van der Waals surface area contributed by atoms with Gasteiger partial charge in [-0.05, 0) is 12.5 Å². The Morgan fingerprint density at radius 3 is 2.36 bits per heavy atom. The van der Waals surface area contributed by atoms with E-state index in [9.17, 15) is 9.90 Å². The van der Waals surface area contributed by atoms with Crippen LogP contribution in [-0.2, 0) is 4.79 Å². The lowest BCUT2D eigenvalue weighted by Crippen LogP contribution is -2.31. The van der Waals surface area contributed by atoms with Gasteiger partial charge in [0.1, 0.15) is 0 Å². The molecule has 0 aromatic carbocycles. The zero-order valence-electron chi connectivity index (χ0n) is 6.37. The van der Waals surface area contributed by atoms with Gasteiger partial charge in [0.25, 0.3) is 0 Å². The normalized spacial score (nSPS) is 15.5. The van der Waals surface area contributed by atoms with Crippen molar-refractivity contribution in [2.45, 2.75) is 18.9 Å². The Labute approximate surface area is 64.8 Å². The molecule has 0 fully saturated rings. The number of carboxylic acids is 1. The molecule has 0 aromatic heterocycles. The van der Waals surface area contributed by atoms with Gasteiger partial charge in [-0.2, -0.15) is 0 Å². The minimum atomic E-state index is -1.51. The van der Waals surface area contributed by atoms with Gasteiger partial charge in [-0.15, -0.1) is 0 Å². The summed E-state index contributed by atoms with van der Waals surface area (Å²) in [5.41, 5.74) is -1.40. The largest absolute Gasteiger partial charge is 0.481 e. The van der Waals surface area contributed by atoms with Crippen molar-refractivity contribution in [3.05, 3.63) is 12.2 Å². The number of rotatable bonds is 4. The maximum Gasteiger partial charge on any atom is 0.306 e. The highest BCUT2D eigenvalue weighted by Gasteiger charge is 2.26. The molecule has 0 heterocycles. The van der Waals surface area contributed by atoms with Gasteiger partial charge in [-0.3, -0.25) is 4.79 Å². The fraction of sp³-hybridized carbons (Fsp3) is 0.571. The highest BCUT2D eigenvalue weighted by atomic mass is 16.4. The molecule has 11 heavy (non-hydrogen) atoms. The van der Waals surface area contributed by atoms with Crippen LogP contribution in [0.2, 0.25) is 0 Å². The second kappa shape index (κ2) is 3.50. The van der Waals surface area contributed by atoms with E-state index in [2.05, 4.69) is 6.58 Å². The fourth-order valence-electron chi connectivity index (χ4n) is 0.590. The quantitative estimate of drug-likeness (QED) is 0.496. The zero-order chi connectivity index (χ0) is 9.07. The van der Waals surface area contributed by atoms with E-state index >= 15 is 0 Å². The van der Waals surface area contributed by atoms with Gasteiger partial charge < -0.3 is 15.3 Å². The maximum absolute atomic E-state index is 10.2. The van der Waals surface area contributed by atoms with Gasteiger partial charge in [-0.25, -0.2) is 0 Å². The van der Waals surface area contributed by atoms with Crippen molar-refractivity contribution in [2.24, 2.45) is 0 Å². The van der Waals surface area contributed by atoms with Crippen molar-refractivity contribution in [1.29, 1.82) is 0 Å². The molecule has 0 aliphatic rings. The summed E-state index contributed by atoms with van der Waals surface area (Å²) in [6, 6.07) is 0. The molecule has 0 aromatic rings. The fourth-order valence-corrected chi connectivity index (χ4v) is 0.590. The molecule has 3 N–H and O–H groups in total. The predicted octanol–water partition coefficient (Wildman–Crippen LogP) is -0.239. The zero-order valence-corrected chi connectivity index (χ0v) is 6.37. The first-order chi connectivity index (χ1) is 4.90. The predicted molar refractivity (Wildman–Crippen MR) is 39.1 cm³/mol. The molecule has 0 amide bonds. The highest BCUT2D eigenvalue weighted by Crippen LogP contribution is 2.17. The van der Waals surface area contributed by atoms with Gasteiger partial charge in [0.15, 0.2) is 0 Å². The molecule has 1 atom stereocenters. The summed E-state index contributed by atoms with van der Waals surface area (Å²) in [6.07, 6.45) is -0.438. The summed E-state index contributed by atoms with van der Waals surface area (Å²) in [5.74, 6) is -1.12. The third-order valence-electron chi connectivity index (χ3n) is 1.45. The van der Waals surface area contributed by atoms with E-state index in [-0.39, 0.29) is 5.57 Å². The van der Waals surface area contributed by atoms with Crippen LogP contribution >= 0.6 is 0 Å². The Hall–Kier alpha value is -0.870. The first kappa shape index (κ1) is 10.1. The third kappa shape index (κ3) is 3.15. The summed E-state index contributed by atoms with van der Waals surface area (Å²) in [4.78, 5) is 10.2. The second-order valence-electron chi connectivity index (χ2n) is 2.61. The van der Waals surface area contributed by atoms with E-state index in [1.54, 1.807) is 0 Å². The van der Waals surface area contributed by atoms with Crippen molar-refractivity contribution in [2.75, 3.05) is 6.61 Å². The molecule has 0 rings (SSSR count). The standard InChI is InChI=1S/C7H12O4/c1-5(4-8)7(2,11)3-6(9)10/h8,11H,1,3-4H2,2H3,(H,9,10). The van der Waals surface area contributed by atoms with Crippen molar-refractivity contribution < 1.29 is 20.1 Å². The number of aliphatic hydroxyl groups is 2. The SMILES string of the molecule is C=C(CO)C(C)(O)CC(=O)O. The molecule has 0 saturated carbocycles. The Morgan fingerprint density at radius 1 is 1.64 bits per heavy atom. The first-order valence-corrected chi connectivity index (χ1v) is 3.13. The van der Waals surface area contributed by atoms with Gasteiger partial charge in [-0.1, -0.05) is 6.58 Å². The molecule has 0 radical (unpaired) electrons. The number of hydrogen-bond donors (Lipinski definition) is 3. The van der Waals surface area contributed by atoms with E-state index in [1.165, 1.54) is 6.92 Å². The lowest BCUT2D eigenvalue weighted by atomic mass is 9.94. The molecule has 0 aliphatic heterocycles. The Bertz CT molecular complexity index is 171. The number of hydrogen-bond acceptors (Lipinski definition) is 3. The molecule has 64 valence electrons. The van der Waals surface area contributed by atoms with Crippen LogP contribution in [0, 0.1) is 0 Å². The first-order valence-electron chi connectivity index (χ1n) is 3.13. The minimum absolute atomic E-state index is 0.111. The van der Waals surface area contributed by atoms with Crippen molar-refractivity contribution in [3.63, 3.8) is 0 Å². The Balaban J connectivity index is 4.21. The van der Waals surface area contributed by atoms with Crippen LogP contribution in [0.1, 0.15) is 13.3 Å². The molecular weight excluding hydrogens is 148 g/mol. The summed E-state index contributed by atoms with van der Waals surface area (Å²) in [7, 11) is 0. The van der Waals surface area contributed by atoms with Crippen LogP contribution in [0.4, 0.5) is 0 Å². The van der Waals surface area contributed by atoms with Crippen LogP contribution < -0.4 is 0 Å². The summed E-state index contributed by atoms with van der Waals surface area (Å²) < 4.78 is 0. The van der Waals surface area contributed by atoms with Crippen LogP contribution in [0.15, 0.2) is 12.2 Å². The number of carbonyl (C=O) groups is 1. The van der Waals surface area contributed by atoms with E-state index in [0.29, 0.717) is 0 Å². The smallest absolute Gasteiger partial charge is 0.306 e. The van der Waals surface area contributed by atoms with Crippen LogP contribution in [-0.4, -0.2) is 33.5 Å². The summed E-state index contributed by atoms with van der Waals surface area (Å²) in [6.45, 7) is 4.24. The molecular formula is C7H12O4. The average Bonchev–Trinajstić information content (AvgIpc) is 1.83. The minimum Gasteiger partial charge on any atom is -0.481 e. The van der Waals surface area contributed by atoms with Crippen LogP contribution in [0.5, 0.6) is 0 Å². The van der Waals surface area contributed by atoms with Crippen molar-refractivity contribution in [3.8, 4) is 0 Å². The van der Waals surface area contributed by atoms with Gasteiger partial charge in [0, 0.05) is 0 Å².